The van der Waals surface area contributed by atoms with E-state index in [2.05, 4.69) is 27.3 Å². The third-order valence-electron chi connectivity index (χ3n) is 3.70. The van der Waals surface area contributed by atoms with Crippen LogP contribution >= 0.6 is 15.9 Å². The van der Waals surface area contributed by atoms with Gasteiger partial charge in [-0.15, -0.1) is 0 Å². The van der Waals surface area contributed by atoms with Gasteiger partial charge in [0.25, 0.3) is 0 Å². The lowest BCUT2D eigenvalue weighted by Crippen LogP contribution is -2.39. The maximum absolute atomic E-state index is 12.4. The number of carbonyl (C=O) groups excluding carboxylic acids is 1. The number of rotatable bonds is 5. The van der Waals surface area contributed by atoms with Crippen molar-refractivity contribution in [1.29, 1.82) is 0 Å². The highest BCUT2D eigenvalue weighted by atomic mass is 79.9. The summed E-state index contributed by atoms with van der Waals surface area (Å²) in [5.41, 5.74) is 3.14. The molecule has 0 aromatic heterocycles. The summed E-state index contributed by atoms with van der Waals surface area (Å²) in [5.74, 6) is 0.000142. The summed E-state index contributed by atoms with van der Waals surface area (Å²) in [5, 5.41) is 2.97. The zero-order valence-corrected chi connectivity index (χ0v) is 14.7. The average Bonchev–Trinajstić information content (AvgIpc) is 2.48. The van der Waals surface area contributed by atoms with Gasteiger partial charge in [-0.3, -0.25) is 9.69 Å². The third-order valence-corrected chi connectivity index (χ3v) is 4.48. The molecule has 0 aliphatic heterocycles. The number of aryl methyl sites for hydroxylation is 1. The summed E-state index contributed by atoms with van der Waals surface area (Å²) in [7, 11) is 1.96. The van der Waals surface area contributed by atoms with E-state index in [4.69, 9.17) is 0 Å². The van der Waals surface area contributed by atoms with Crippen molar-refractivity contribution in [3.63, 3.8) is 0 Å². The molecule has 2 rings (SSSR count). The van der Waals surface area contributed by atoms with Crippen molar-refractivity contribution in [2.24, 2.45) is 0 Å². The fourth-order valence-corrected chi connectivity index (χ4v) is 2.61. The number of benzene rings is 2. The van der Waals surface area contributed by atoms with E-state index in [0.29, 0.717) is 6.54 Å². The minimum Gasteiger partial charge on any atom is -0.325 e. The molecular formula is C18H21BrN2O. The first kappa shape index (κ1) is 16.7. The van der Waals surface area contributed by atoms with E-state index in [1.807, 2.05) is 68.3 Å². The van der Waals surface area contributed by atoms with Crippen LogP contribution in [0.15, 0.2) is 53.0 Å². The first-order chi connectivity index (χ1) is 10.5. The van der Waals surface area contributed by atoms with E-state index in [-0.39, 0.29) is 11.9 Å². The van der Waals surface area contributed by atoms with Gasteiger partial charge in [0.2, 0.25) is 5.91 Å². The van der Waals surface area contributed by atoms with Gasteiger partial charge < -0.3 is 5.32 Å². The number of amides is 1. The Labute approximate surface area is 140 Å². The number of halogens is 1. The highest BCUT2D eigenvalue weighted by Crippen LogP contribution is 2.18. The number of carbonyl (C=O) groups is 1. The van der Waals surface area contributed by atoms with Gasteiger partial charge in [-0.1, -0.05) is 46.3 Å². The zero-order valence-electron chi connectivity index (χ0n) is 13.1. The molecule has 1 amide bonds. The van der Waals surface area contributed by atoms with Crippen LogP contribution in [0.4, 0.5) is 5.69 Å². The van der Waals surface area contributed by atoms with Crippen LogP contribution in [0.3, 0.4) is 0 Å². The Morgan fingerprint density at radius 3 is 2.64 bits per heavy atom. The largest absolute Gasteiger partial charge is 0.325 e. The number of hydrogen-bond donors (Lipinski definition) is 1. The van der Waals surface area contributed by atoms with Gasteiger partial charge in [0.05, 0.1) is 6.04 Å². The summed E-state index contributed by atoms with van der Waals surface area (Å²) in [6.07, 6.45) is 0. The van der Waals surface area contributed by atoms with Crippen molar-refractivity contribution in [2.75, 3.05) is 12.4 Å². The lowest BCUT2D eigenvalue weighted by Gasteiger charge is -2.24. The van der Waals surface area contributed by atoms with Crippen LogP contribution in [0.2, 0.25) is 0 Å². The maximum Gasteiger partial charge on any atom is 0.241 e. The predicted octanol–water partition coefficient (Wildman–Crippen LogP) is 4.22. The number of hydrogen-bond acceptors (Lipinski definition) is 2. The standard InChI is InChI=1S/C18H21BrN2O/c1-13-7-6-9-16(11-13)20-18(22)14(2)21(3)12-15-8-4-5-10-17(15)19/h4-11,14H,12H2,1-3H3,(H,20,22). The highest BCUT2D eigenvalue weighted by molar-refractivity contribution is 9.10. The first-order valence-corrected chi connectivity index (χ1v) is 8.08. The summed E-state index contributed by atoms with van der Waals surface area (Å²) in [4.78, 5) is 14.4. The normalized spacial score (nSPS) is 12.2. The third kappa shape index (κ3) is 4.42. The quantitative estimate of drug-likeness (QED) is 0.865. The van der Waals surface area contributed by atoms with E-state index < -0.39 is 0 Å². The fraction of sp³-hybridized carbons (Fsp3) is 0.278. The van der Waals surface area contributed by atoms with Gasteiger partial charge in [0.1, 0.15) is 0 Å². The molecule has 3 nitrogen and oxygen atoms in total. The lowest BCUT2D eigenvalue weighted by atomic mass is 10.1. The number of nitrogens with one attached hydrogen (secondary N) is 1. The molecule has 0 bridgehead atoms. The average molecular weight is 361 g/mol. The molecule has 0 heterocycles. The maximum atomic E-state index is 12.4. The molecule has 1 N–H and O–H groups in total. The zero-order chi connectivity index (χ0) is 16.1. The minimum absolute atomic E-state index is 0.000142. The summed E-state index contributed by atoms with van der Waals surface area (Å²) in [6, 6.07) is 15.7. The van der Waals surface area contributed by atoms with Crippen molar-refractivity contribution in [1.82, 2.24) is 4.90 Å². The Morgan fingerprint density at radius 1 is 1.23 bits per heavy atom. The number of nitrogens with zero attached hydrogens (tertiary/aromatic N) is 1. The molecule has 1 atom stereocenters. The Kier molecular flexibility index (Phi) is 5.75. The van der Waals surface area contributed by atoms with E-state index in [1.54, 1.807) is 0 Å². The molecule has 0 fully saturated rings. The molecule has 0 radical (unpaired) electrons. The van der Waals surface area contributed by atoms with Gasteiger partial charge >= 0.3 is 0 Å². The van der Waals surface area contributed by atoms with Crippen molar-refractivity contribution >= 4 is 27.5 Å². The number of anilines is 1. The summed E-state index contributed by atoms with van der Waals surface area (Å²) in [6.45, 7) is 4.64. The predicted molar refractivity (Wildman–Crippen MR) is 94.9 cm³/mol. The van der Waals surface area contributed by atoms with Crippen LogP contribution in [0, 0.1) is 6.92 Å². The molecule has 4 heteroatoms. The molecule has 2 aromatic rings. The van der Waals surface area contributed by atoms with E-state index in [1.165, 1.54) is 5.56 Å². The van der Waals surface area contributed by atoms with Crippen molar-refractivity contribution < 1.29 is 4.79 Å². The monoisotopic (exact) mass is 360 g/mol. The van der Waals surface area contributed by atoms with Gasteiger partial charge in [-0.05, 0) is 50.2 Å². The van der Waals surface area contributed by atoms with Crippen LogP contribution in [0.5, 0.6) is 0 Å². The molecule has 2 aromatic carbocycles. The Balaban J connectivity index is 1.99. The van der Waals surface area contributed by atoms with Crippen LogP contribution in [-0.2, 0) is 11.3 Å². The Bertz CT molecular complexity index is 657. The molecule has 0 aliphatic carbocycles. The SMILES string of the molecule is Cc1cccc(NC(=O)C(C)N(C)Cc2ccccc2Br)c1. The van der Waals surface area contributed by atoms with E-state index >= 15 is 0 Å². The van der Waals surface area contributed by atoms with E-state index in [9.17, 15) is 4.79 Å². The highest BCUT2D eigenvalue weighted by Gasteiger charge is 2.18. The first-order valence-electron chi connectivity index (χ1n) is 7.28. The second-order valence-electron chi connectivity index (χ2n) is 5.54. The molecule has 116 valence electrons. The van der Waals surface area contributed by atoms with Crippen LogP contribution in [-0.4, -0.2) is 23.9 Å². The van der Waals surface area contributed by atoms with E-state index in [0.717, 1.165) is 15.7 Å². The molecule has 0 saturated heterocycles. The van der Waals surface area contributed by atoms with Crippen LogP contribution < -0.4 is 5.32 Å². The van der Waals surface area contributed by atoms with Crippen molar-refractivity contribution in [3.05, 3.63) is 64.1 Å². The van der Waals surface area contributed by atoms with Crippen molar-refractivity contribution in [3.8, 4) is 0 Å². The molecular weight excluding hydrogens is 340 g/mol. The van der Waals surface area contributed by atoms with Crippen LogP contribution in [0.25, 0.3) is 0 Å². The Morgan fingerprint density at radius 2 is 1.95 bits per heavy atom. The van der Waals surface area contributed by atoms with Gasteiger partial charge in [-0.2, -0.15) is 0 Å². The molecule has 1 unspecified atom stereocenters. The van der Waals surface area contributed by atoms with Gasteiger partial charge in [0.15, 0.2) is 0 Å². The molecule has 0 spiro atoms. The van der Waals surface area contributed by atoms with Gasteiger partial charge in [0, 0.05) is 16.7 Å². The number of likely N-dealkylation sites (N-methyl/N-ethyl adjacent to an activating group) is 1. The van der Waals surface area contributed by atoms with Gasteiger partial charge in [-0.25, -0.2) is 0 Å². The second-order valence-corrected chi connectivity index (χ2v) is 6.40. The summed E-state index contributed by atoms with van der Waals surface area (Å²) < 4.78 is 1.06. The molecule has 0 aliphatic rings. The Hall–Kier alpha value is -1.65. The smallest absolute Gasteiger partial charge is 0.241 e. The summed E-state index contributed by atoms with van der Waals surface area (Å²) >= 11 is 3.55. The molecule has 0 saturated carbocycles. The topological polar surface area (TPSA) is 32.3 Å². The second kappa shape index (κ2) is 7.56. The molecule has 22 heavy (non-hydrogen) atoms. The van der Waals surface area contributed by atoms with Crippen LogP contribution in [0.1, 0.15) is 18.1 Å². The van der Waals surface area contributed by atoms with Crippen molar-refractivity contribution in [2.45, 2.75) is 26.4 Å². The fourth-order valence-electron chi connectivity index (χ4n) is 2.20. The lowest BCUT2D eigenvalue weighted by molar-refractivity contribution is -0.120. The minimum atomic E-state index is -0.215.